The zero-order valence-electron chi connectivity index (χ0n) is 18.3. The van der Waals surface area contributed by atoms with Crippen LogP contribution >= 0.6 is 0 Å². The van der Waals surface area contributed by atoms with Crippen molar-refractivity contribution in [3.63, 3.8) is 0 Å². The van der Waals surface area contributed by atoms with Gasteiger partial charge in [-0.2, -0.15) is 0 Å². The molecule has 3 aromatic carbocycles. The van der Waals surface area contributed by atoms with Crippen molar-refractivity contribution in [2.24, 2.45) is 0 Å². The molecule has 0 aliphatic heterocycles. The molecule has 166 valence electrons. The lowest BCUT2D eigenvalue weighted by atomic mass is 10.1. The highest BCUT2D eigenvalue weighted by Gasteiger charge is 2.32. The maximum absolute atomic E-state index is 12.6. The fraction of sp³-hybridized carbons (Fsp3) is 0.148. The van der Waals surface area contributed by atoms with Gasteiger partial charge in [-0.25, -0.2) is 4.79 Å². The van der Waals surface area contributed by atoms with Crippen LogP contribution in [0.2, 0.25) is 0 Å². The molecule has 6 heteroatoms. The number of carbonyl (C=O) groups is 3. The first-order valence-electron chi connectivity index (χ1n) is 10.5. The fourth-order valence-corrected chi connectivity index (χ4v) is 3.54. The lowest BCUT2D eigenvalue weighted by molar-refractivity contribution is -0.136. The third kappa shape index (κ3) is 4.70. The second kappa shape index (κ2) is 9.53. The molecule has 0 N–H and O–H groups in total. The summed E-state index contributed by atoms with van der Waals surface area (Å²) < 4.78 is 16.2. The first-order valence-corrected chi connectivity index (χ1v) is 10.5. The minimum atomic E-state index is -0.587. The van der Waals surface area contributed by atoms with E-state index in [1.807, 2.05) is 12.1 Å². The smallest absolute Gasteiger partial charge is 0.349 e. The van der Waals surface area contributed by atoms with E-state index >= 15 is 0 Å². The van der Waals surface area contributed by atoms with E-state index in [1.54, 1.807) is 54.6 Å². The molecule has 0 amide bonds. The highest BCUT2D eigenvalue weighted by molar-refractivity contribution is 6.41. The van der Waals surface area contributed by atoms with Gasteiger partial charge in [0.25, 0.3) is 0 Å². The monoisotopic (exact) mass is 442 g/mol. The molecule has 0 heterocycles. The number of aryl methyl sites for hydroxylation is 1. The largest absolute Gasteiger partial charge is 0.493 e. The Hall–Kier alpha value is -4.19. The topological polar surface area (TPSA) is 78.9 Å². The Balaban J connectivity index is 1.46. The molecule has 33 heavy (non-hydrogen) atoms. The van der Waals surface area contributed by atoms with Crippen LogP contribution in [0.15, 0.2) is 72.3 Å². The quantitative estimate of drug-likeness (QED) is 0.228. The van der Waals surface area contributed by atoms with Crippen molar-refractivity contribution in [2.75, 3.05) is 13.7 Å². The normalized spacial score (nSPS) is 12.4. The van der Waals surface area contributed by atoms with Gasteiger partial charge in [0.1, 0.15) is 5.75 Å². The first kappa shape index (κ1) is 22.0. The molecule has 0 aromatic heterocycles. The second-order valence-corrected chi connectivity index (χ2v) is 7.43. The van der Waals surface area contributed by atoms with E-state index in [-0.39, 0.29) is 29.5 Å². The number of benzene rings is 3. The number of allylic oxidation sites excluding steroid dienone is 1. The van der Waals surface area contributed by atoms with E-state index in [4.69, 9.17) is 14.2 Å². The van der Waals surface area contributed by atoms with Crippen molar-refractivity contribution < 1.29 is 28.6 Å². The van der Waals surface area contributed by atoms with Gasteiger partial charge < -0.3 is 14.2 Å². The van der Waals surface area contributed by atoms with Crippen molar-refractivity contribution >= 4 is 23.6 Å². The van der Waals surface area contributed by atoms with Crippen LogP contribution in [-0.4, -0.2) is 31.3 Å². The Bertz CT molecular complexity index is 1220. The molecule has 0 atom stereocenters. The van der Waals surface area contributed by atoms with E-state index in [2.05, 4.69) is 6.92 Å². The summed E-state index contributed by atoms with van der Waals surface area (Å²) >= 11 is 0. The molecule has 0 unspecified atom stereocenters. The minimum Gasteiger partial charge on any atom is -0.493 e. The van der Waals surface area contributed by atoms with Crippen LogP contribution in [0.4, 0.5) is 0 Å². The van der Waals surface area contributed by atoms with Crippen LogP contribution in [0.25, 0.3) is 6.08 Å². The van der Waals surface area contributed by atoms with Crippen molar-refractivity contribution in [1.82, 2.24) is 0 Å². The molecule has 6 nitrogen and oxygen atoms in total. The van der Waals surface area contributed by atoms with Crippen molar-refractivity contribution in [3.8, 4) is 17.2 Å². The number of fused-ring (bicyclic) bond motifs is 1. The summed E-state index contributed by atoms with van der Waals surface area (Å²) in [7, 11) is 1.44. The average Bonchev–Trinajstić information content (AvgIpc) is 3.09. The number of ether oxygens (including phenoxy) is 3. The van der Waals surface area contributed by atoms with E-state index < -0.39 is 5.97 Å². The van der Waals surface area contributed by atoms with Crippen LogP contribution in [0.3, 0.4) is 0 Å². The summed E-state index contributed by atoms with van der Waals surface area (Å²) in [5, 5.41) is 0. The standard InChI is InChI=1S/C27H22O6/c1-3-17-8-11-19(12-9-17)32-16-25(28)33-23-13-10-18(15-24(23)31-2)14-22-26(29)20-6-4-5-7-21(20)27(22)30/h4-15H,3,16H2,1-2H3. The van der Waals surface area contributed by atoms with E-state index in [0.717, 1.165) is 6.42 Å². The van der Waals surface area contributed by atoms with Crippen LogP contribution in [0.1, 0.15) is 38.8 Å². The second-order valence-electron chi connectivity index (χ2n) is 7.43. The Morgan fingerprint density at radius 3 is 2.15 bits per heavy atom. The molecule has 0 radical (unpaired) electrons. The lowest BCUT2D eigenvalue weighted by Crippen LogP contribution is -2.18. The van der Waals surface area contributed by atoms with Gasteiger partial charge in [0.2, 0.25) is 0 Å². The highest BCUT2D eigenvalue weighted by atomic mass is 16.6. The molecule has 0 saturated heterocycles. The average molecular weight is 442 g/mol. The van der Waals surface area contributed by atoms with Crippen LogP contribution in [-0.2, 0) is 11.2 Å². The number of carbonyl (C=O) groups excluding carboxylic acids is 3. The molecule has 3 aromatic rings. The van der Waals surface area contributed by atoms with Crippen LogP contribution in [0.5, 0.6) is 17.2 Å². The molecule has 4 rings (SSSR count). The Morgan fingerprint density at radius 2 is 1.55 bits per heavy atom. The molecule has 0 spiro atoms. The third-order valence-electron chi connectivity index (χ3n) is 5.32. The van der Waals surface area contributed by atoms with Gasteiger partial charge in [0, 0.05) is 11.1 Å². The maximum Gasteiger partial charge on any atom is 0.349 e. The number of Topliss-reactive ketones (excluding diaryl/α,β-unsaturated/α-hetero) is 2. The zero-order valence-corrected chi connectivity index (χ0v) is 18.3. The van der Waals surface area contributed by atoms with Crippen LogP contribution in [0, 0.1) is 0 Å². The number of methoxy groups -OCH3 is 1. The molecule has 1 aliphatic rings. The predicted molar refractivity (Wildman–Crippen MR) is 123 cm³/mol. The number of hydrogen-bond acceptors (Lipinski definition) is 6. The zero-order chi connectivity index (χ0) is 23.4. The lowest BCUT2D eigenvalue weighted by Gasteiger charge is -2.11. The van der Waals surface area contributed by atoms with Crippen molar-refractivity contribution in [3.05, 3.63) is 94.6 Å². The van der Waals surface area contributed by atoms with E-state index in [1.165, 1.54) is 18.7 Å². The highest BCUT2D eigenvalue weighted by Crippen LogP contribution is 2.32. The first-order chi connectivity index (χ1) is 16.0. The van der Waals surface area contributed by atoms with Gasteiger partial charge in [-0.05, 0) is 47.9 Å². The summed E-state index contributed by atoms with van der Waals surface area (Å²) in [6, 6.07) is 19.0. The summed E-state index contributed by atoms with van der Waals surface area (Å²) in [5.74, 6) is -0.133. The van der Waals surface area contributed by atoms with Gasteiger partial charge in [-0.1, -0.05) is 49.4 Å². The SMILES string of the molecule is CCc1ccc(OCC(=O)Oc2ccc(C=C3C(=O)c4ccccc4C3=O)cc2OC)cc1. The Morgan fingerprint density at radius 1 is 0.879 bits per heavy atom. The van der Waals surface area contributed by atoms with Gasteiger partial charge in [0.05, 0.1) is 12.7 Å². The molecular formula is C27H22O6. The summed E-state index contributed by atoms with van der Waals surface area (Å²) in [5.41, 5.74) is 2.63. The third-order valence-corrected chi connectivity index (χ3v) is 5.32. The summed E-state index contributed by atoms with van der Waals surface area (Å²) in [4.78, 5) is 37.4. The fourth-order valence-electron chi connectivity index (χ4n) is 3.54. The van der Waals surface area contributed by atoms with Crippen molar-refractivity contribution in [2.45, 2.75) is 13.3 Å². The molecule has 0 saturated carbocycles. The molecule has 1 aliphatic carbocycles. The number of ketones is 2. The summed E-state index contributed by atoms with van der Waals surface area (Å²) in [6.45, 7) is 1.80. The molecule has 0 bridgehead atoms. The summed E-state index contributed by atoms with van der Waals surface area (Å²) in [6.07, 6.45) is 2.44. The molecule has 0 fully saturated rings. The number of hydrogen-bond donors (Lipinski definition) is 0. The van der Waals surface area contributed by atoms with Gasteiger partial charge in [-0.15, -0.1) is 0 Å². The van der Waals surface area contributed by atoms with Gasteiger partial charge >= 0.3 is 5.97 Å². The minimum absolute atomic E-state index is 0.0884. The number of rotatable bonds is 7. The van der Waals surface area contributed by atoms with Crippen molar-refractivity contribution in [1.29, 1.82) is 0 Å². The van der Waals surface area contributed by atoms with E-state index in [0.29, 0.717) is 28.2 Å². The van der Waals surface area contributed by atoms with Gasteiger partial charge in [0.15, 0.2) is 29.7 Å². The van der Waals surface area contributed by atoms with E-state index in [9.17, 15) is 14.4 Å². The predicted octanol–water partition coefficient (Wildman–Crippen LogP) is 4.70. The van der Waals surface area contributed by atoms with Gasteiger partial charge in [-0.3, -0.25) is 9.59 Å². The number of esters is 1. The Kier molecular flexibility index (Phi) is 6.36. The maximum atomic E-state index is 12.6. The molecular weight excluding hydrogens is 420 g/mol. The Labute approximate surface area is 191 Å². The van der Waals surface area contributed by atoms with Crippen LogP contribution < -0.4 is 14.2 Å².